The molecule has 0 bridgehead atoms. The second-order valence-electron chi connectivity index (χ2n) is 6.09. The lowest BCUT2D eigenvalue weighted by Gasteiger charge is -2.32. The second-order valence-corrected chi connectivity index (χ2v) is 6.09. The Balaban J connectivity index is 2.08. The van der Waals surface area contributed by atoms with E-state index in [1.165, 1.54) is 12.8 Å². The minimum atomic E-state index is 0.00193. The van der Waals surface area contributed by atoms with Gasteiger partial charge in [0, 0.05) is 25.2 Å². The number of piperidine rings is 1. The third-order valence-corrected chi connectivity index (χ3v) is 4.26. The number of aromatic nitrogens is 2. The standard InChI is InChI=1S/C16H28N4O/c1-4-14(17-5-2)12-20-16(21)9-15(10-18-20)19-8-6-7-13(3)11-19/h9-10,13-14,17H,4-8,11-12H2,1-3H3. The van der Waals surface area contributed by atoms with Crippen LogP contribution in [0.15, 0.2) is 17.1 Å². The van der Waals surface area contributed by atoms with Crippen molar-refractivity contribution in [2.75, 3.05) is 24.5 Å². The Morgan fingerprint density at radius 3 is 2.90 bits per heavy atom. The predicted molar refractivity (Wildman–Crippen MR) is 86.9 cm³/mol. The number of rotatable bonds is 6. The maximum atomic E-state index is 12.3. The Morgan fingerprint density at radius 1 is 1.48 bits per heavy atom. The number of likely N-dealkylation sites (N-methyl/N-ethyl adjacent to an activating group) is 1. The van der Waals surface area contributed by atoms with E-state index in [1.54, 1.807) is 10.7 Å². The van der Waals surface area contributed by atoms with E-state index < -0.39 is 0 Å². The van der Waals surface area contributed by atoms with Crippen LogP contribution >= 0.6 is 0 Å². The van der Waals surface area contributed by atoms with Crippen LogP contribution < -0.4 is 15.8 Å². The summed E-state index contributed by atoms with van der Waals surface area (Å²) in [5.74, 6) is 0.694. The summed E-state index contributed by atoms with van der Waals surface area (Å²) in [6.45, 7) is 10.1. The van der Waals surface area contributed by atoms with Gasteiger partial charge in [-0.15, -0.1) is 0 Å². The molecule has 0 saturated carbocycles. The smallest absolute Gasteiger partial charge is 0.268 e. The van der Waals surface area contributed by atoms with E-state index in [9.17, 15) is 4.79 Å². The van der Waals surface area contributed by atoms with Gasteiger partial charge in [0.25, 0.3) is 5.56 Å². The predicted octanol–water partition coefficient (Wildman–Crippen LogP) is 1.87. The highest BCUT2D eigenvalue weighted by atomic mass is 16.1. The molecule has 0 radical (unpaired) electrons. The van der Waals surface area contributed by atoms with Gasteiger partial charge in [-0.2, -0.15) is 5.10 Å². The summed E-state index contributed by atoms with van der Waals surface area (Å²) >= 11 is 0. The van der Waals surface area contributed by atoms with Crippen LogP contribution in [-0.4, -0.2) is 35.5 Å². The van der Waals surface area contributed by atoms with Crippen molar-refractivity contribution in [1.29, 1.82) is 0 Å². The lowest BCUT2D eigenvalue weighted by Crippen LogP contribution is -2.38. The molecule has 0 spiro atoms. The van der Waals surface area contributed by atoms with Crippen molar-refractivity contribution in [2.24, 2.45) is 5.92 Å². The monoisotopic (exact) mass is 292 g/mol. The van der Waals surface area contributed by atoms with Crippen LogP contribution in [-0.2, 0) is 6.54 Å². The van der Waals surface area contributed by atoms with E-state index in [4.69, 9.17) is 0 Å². The first-order valence-electron chi connectivity index (χ1n) is 8.19. The zero-order valence-electron chi connectivity index (χ0n) is 13.5. The molecule has 118 valence electrons. The van der Waals surface area contributed by atoms with E-state index in [0.717, 1.165) is 31.7 Å². The number of nitrogens with zero attached hydrogens (tertiary/aromatic N) is 3. The molecule has 0 aliphatic carbocycles. The van der Waals surface area contributed by atoms with Gasteiger partial charge in [-0.25, -0.2) is 4.68 Å². The summed E-state index contributed by atoms with van der Waals surface area (Å²) in [6, 6.07) is 2.05. The minimum absolute atomic E-state index is 0.00193. The fourth-order valence-electron chi connectivity index (χ4n) is 2.99. The Kier molecular flexibility index (Phi) is 5.79. The van der Waals surface area contributed by atoms with Crippen LogP contribution in [0.4, 0.5) is 5.69 Å². The molecule has 1 N–H and O–H groups in total. The molecule has 5 heteroatoms. The Hall–Kier alpha value is -1.36. The summed E-state index contributed by atoms with van der Waals surface area (Å²) in [7, 11) is 0. The first-order chi connectivity index (χ1) is 10.1. The lowest BCUT2D eigenvalue weighted by molar-refractivity contribution is 0.411. The summed E-state index contributed by atoms with van der Waals surface area (Å²) in [5.41, 5.74) is 0.973. The highest BCUT2D eigenvalue weighted by Crippen LogP contribution is 2.20. The SMILES string of the molecule is CCNC(CC)Cn1ncc(N2CCCC(C)C2)cc1=O. The zero-order valence-corrected chi connectivity index (χ0v) is 13.5. The first-order valence-corrected chi connectivity index (χ1v) is 8.19. The highest BCUT2D eigenvalue weighted by molar-refractivity contribution is 5.43. The molecular formula is C16H28N4O. The minimum Gasteiger partial charge on any atom is -0.370 e. The molecule has 1 aromatic heterocycles. The van der Waals surface area contributed by atoms with Crippen molar-refractivity contribution in [3.8, 4) is 0 Å². The number of hydrogen-bond acceptors (Lipinski definition) is 4. The Bertz CT molecular complexity index is 499. The van der Waals surface area contributed by atoms with Crippen molar-refractivity contribution in [2.45, 2.75) is 52.6 Å². The molecule has 0 amide bonds. The van der Waals surface area contributed by atoms with Gasteiger partial charge >= 0.3 is 0 Å². The summed E-state index contributed by atoms with van der Waals surface area (Å²) in [6.07, 6.45) is 5.32. The van der Waals surface area contributed by atoms with Gasteiger partial charge in [0.1, 0.15) is 0 Å². The molecule has 2 rings (SSSR count). The quantitative estimate of drug-likeness (QED) is 0.869. The highest BCUT2D eigenvalue weighted by Gasteiger charge is 2.18. The van der Waals surface area contributed by atoms with Crippen LogP contribution in [0.1, 0.15) is 40.0 Å². The van der Waals surface area contributed by atoms with Crippen molar-refractivity contribution in [3.63, 3.8) is 0 Å². The first kappa shape index (κ1) is 16.0. The zero-order chi connectivity index (χ0) is 15.2. The molecule has 2 atom stereocenters. The average molecular weight is 292 g/mol. The van der Waals surface area contributed by atoms with E-state index in [2.05, 4.69) is 36.1 Å². The summed E-state index contributed by atoms with van der Waals surface area (Å²) < 4.78 is 1.58. The van der Waals surface area contributed by atoms with Crippen molar-refractivity contribution >= 4 is 5.69 Å². The van der Waals surface area contributed by atoms with E-state index in [-0.39, 0.29) is 5.56 Å². The molecule has 2 heterocycles. The molecule has 1 aromatic rings. The third-order valence-electron chi connectivity index (χ3n) is 4.26. The van der Waals surface area contributed by atoms with Crippen LogP contribution in [0.3, 0.4) is 0 Å². The summed E-state index contributed by atoms with van der Waals surface area (Å²) in [5, 5.41) is 7.75. The third kappa shape index (κ3) is 4.30. The molecule has 1 saturated heterocycles. The van der Waals surface area contributed by atoms with Crippen LogP contribution in [0.5, 0.6) is 0 Å². The average Bonchev–Trinajstić information content (AvgIpc) is 2.48. The van der Waals surface area contributed by atoms with Crippen LogP contribution in [0.25, 0.3) is 0 Å². The van der Waals surface area contributed by atoms with Gasteiger partial charge in [0.05, 0.1) is 18.4 Å². The molecule has 21 heavy (non-hydrogen) atoms. The molecular weight excluding hydrogens is 264 g/mol. The van der Waals surface area contributed by atoms with Gasteiger partial charge in [-0.1, -0.05) is 20.8 Å². The van der Waals surface area contributed by atoms with Crippen molar-refractivity contribution < 1.29 is 0 Å². The molecule has 1 aliphatic rings. The maximum Gasteiger partial charge on any atom is 0.268 e. The molecule has 1 aliphatic heterocycles. The molecule has 1 fully saturated rings. The molecule has 2 unspecified atom stereocenters. The Labute approximate surface area is 127 Å². The van der Waals surface area contributed by atoms with Crippen molar-refractivity contribution in [1.82, 2.24) is 15.1 Å². The number of anilines is 1. The largest absolute Gasteiger partial charge is 0.370 e. The second kappa shape index (κ2) is 7.59. The fourth-order valence-corrected chi connectivity index (χ4v) is 2.99. The van der Waals surface area contributed by atoms with Gasteiger partial charge in [0.15, 0.2) is 0 Å². The fraction of sp³-hybridized carbons (Fsp3) is 0.750. The number of hydrogen-bond donors (Lipinski definition) is 1. The van der Waals surface area contributed by atoms with E-state index >= 15 is 0 Å². The van der Waals surface area contributed by atoms with E-state index in [0.29, 0.717) is 18.5 Å². The normalized spacial score (nSPS) is 20.5. The van der Waals surface area contributed by atoms with Gasteiger partial charge in [0.2, 0.25) is 0 Å². The van der Waals surface area contributed by atoms with Gasteiger partial charge in [-0.3, -0.25) is 4.79 Å². The van der Waals surface area contributed by atoms with Gasteiger partial charge in [-0.05, 0) is 31.7 Å². The van der Waals surface area contributed by atoms with Crippen LogP contribution in [0, 0.1) is 5.92 Å². The van der Waals surface area contributed by atoms with E-state index in [1.807, 2.05) is 6.20 Å². The lowest BCUT2D eigenvalue weighted by atomic mass is 10.00. The maximum absolute atomic E-state index is 12.3. The van der Waals surface area contributed by atoms with Gasteiger partial charge < -0.3 is 10.2 Å². The molecule has 5 nitrogen and oxygen atoms in total. The number of nitrogens with one attached hydrogen (secondary N) is 1. The Morgan fingerprint density at radius 2 is 2.29 bits per heavy atom. The van der Waals surface area contributed by atoms with Crippen molar-refractivity contribution in [3.05, 3.63) is 22.6 Å². The summed E-state index contributed by atoms with van der Waals surface area (Å²) in [4.78, 5) is 14.6. The molecule has 0 aromatic carbocycles. The topological polar surface area (TPSA) is 50.2 Å². The van der Waals surface area contributed by atoms with Crippen LogP contribution in [0.2, 0.25) is 0 Å².